The molecule has 8 nitrogen and oxygen atoms in total. The number of piperidine rings is 1. The summed E-state index contributed by atoms with van der Waals surface area (Å²) in [6.07, 6.45) is 0.244. The molecule has 12 heteroatoms. The molecule has 1 heterocycles. The van der Waals surface area contributed by atoms with Gasteiger partial charge in [0.15, 0.2) is 0 Å². The number of nitrogens with one attached hydrogen (secondary N) is 1. The molecule has 1 saturated heterocycles. The van der Waals surface area contributed by atoms with E-state index in [4.69, 9.17) is 11.6 Å². The lowest BCUT2D eigenvalue weighted by Gasteiger charge is -2.30. The van der Waals surface area contributed by atoms with Crippen LogP contribution in [-0.4, -0.2) is 36.6 Å². The minimum absolute atomic E-state index is 0.0312. The van der Waals surface area contributed by atoms with E-state index < -0.39 is 49.8 Å². The van der Waals surface area contributed by atoms with Gasteiger partial charge in [-0.2, -0.15) is 4.31 Å². The van der Waals surface area contributed by atoms with Gasteiger partial charge in [-0.1, -0.05) is 17.7 Å². The third kappa shape index (κ3) is 4.42. The molecular formula is C18H16ClF2N3O5S. The van der Waals surface area contributed by atoms with Crippen LogP contribution < -0.4 is 5.32 Å². The van der Waals surface area contributed by atoms with Crippen LogP contribution in [0.15, 0.2) is 41.3 Å². The van der Waals surface area contributed by atoms with Crippen LogP contribution in [0.4, 0.5) is 20.2 Å². The van der Waals surface area contributed by atoms with Crippen LogP contribution in [-0.2, 0) is 14.8 Å². The fourth-order valence-electron chi connectivity index (χ4n) is 3.14. The highest BCUT2D eigenvalue weighted by molar-refractivity contribution is 7.89. The van der Waals surface area contributed by atoms with Crippen LogP contribution >= 0.6 is 11.6 Å². The average Bonchev–Trinajstić information content (AvgIpc) is 2.70. The van der Waals surface area contributed by atoms with Gasteiger partial charge in [-0.15, -0.1) is 0 Å². The maximum Gasteiger partial charge on any atom is 0.289 e. The van der Waals surface area contributed by atoms with E-state index in [1.54, 1.807) is 0 Å². The zero-order valence-electron chi connectivity index (χ0n) is 15.3. The summed E-state index contributed by atoms with van der Waals surface area (Å²) in [5, 5.41) is 13.0. The number of hydrogen-bond donors (Lipinski definition) is 1. The molecule has 0 aromatic heterocycles. The normalized spacial score (nSPS) is 15.7. The molecule has 0 radical (unpaired) electrons. The number of benzene rings is 2. The number of rotatable bonds is 5. The van der Waals surface area contributed by atoms with E-state index in [-0.39, 0.29) is 35.8 Å². The number of carbonyl (C=O) groups is 1. The molecule has 0 saturated carbocycles. The largest absolute Gasteiger partial charge is 0.321 e. The number of nitro benzene ring substituents is 1. The Morgan fingerprint density at radius 1 is 1.17 bits per heavy atom. The first-order valence-electron chi connectivity index (χ1n) is 8.80. The molecule has 2 aromatic carbocycles. The average molecular weight is 460 g/mol. The maximum atomic E-state index is 13.7. The van der Waals surface area contributed by atoms with Gasteiger partial charge in [-0.3, -0.25) is 14.9 Å². The van der Waals surface area contributed by atoms with Crippen molar-refractivity contribution < 1.29 is 26.9 Å². The Hall–Kier alpha value is -2.63. The topological polar surface area (TPSA) is 110 Å². The molecule has 1 N–H and O–H groups in total. The monoisotopic (exact) mass is 459 g/mol. The second kappa shape index (κ2) is 8.62. The Kier molecular flexibility index (Phi) is 6.34. The first-order chi connectivity index (χ1) is 14.1. The molecule has 1 aliphatic heterocycles. The fourth-order valence-corrected chi connectivity index (χ4v) is 4.82. The zero-order valence-corrected chi connectivity index (χ0v) is 16.9. The molecule has 30 heavy (non-hydrogen) atoms. The van der Waals surface area contributed by atoms with E-state index in [9.17, 15) is 32.1 Å². The van der Waals surface area contributed by atoms with Gasteiger partial charge in [-0.05, 0) is 37.1 Å². The van der Waals surface area contributed by atoms with Crippen molar-refractivity contribution in [2.24, 2.45) is 5.92 Å². The summed E-state index contributed by atoms with van der Waals surface area (Å²) in [4.78, 5) is 22.3. The molecule has 0 unspecified atom stereocenters. The Balaban J connectivity index is 1.70. The van der Waals surface area contributed by atoms with Crippen LogP contribution in [0.25, 0.3) is 0 Å². The number of hydrogen-bond acceptors (Lipinski definition) is 5. The third-order valence-corrected chi connectivity index (χ3v) is 7.00. The second-order valence-electron chi connectivity index (χ2n) is 6.63. The number of nitrogens with zero attached hydrogens (tertiary/aromatic N) is 2. The van der Waals surface area contributed by atoms with Crippen LogP contribution in [0.3, 0.4) is 0 Å². The van der Waals surface area contributed by atoms with Gasteiger partial charge in [0.1, 0.15) is 22.3 Å². The van der Waals surface area contributed by atoms with E-state index in [0.29, 0.717) is 0 Å². The molecule has 2 aromatic rings. The van der Waals surface area contributed by atoms with E-state index in [1.165, 1.54) is 12.1 Å². The number of amides is 1. The minimum atomic E-state index is -4.04. The van der Waals surface area contributed by atoms with Gasteiger partial charge in [0.2, 0.25) is 15.9 Å². The predicted molar refractivity (Wildman–Crippen MR) is 105 cm³/mol. The molecule has 3 rings (SSSR count). The van der Waals surface area contributed by atoms with Gasteiger partial charge in [0, 0.05) is 25.1 Å². The first-order valence-corrected chi connectivity index (χ1v) is 10.6. The Morgan fingerprint density at radius 3 is 2.33 bits per heavy atom. The summed E-state index contributed by atoms with van der Waals surface area (Å²) < 4.78 is 54.1. The van der Waals surface area contributed by atoms with Crippen LogP contribution in [0, 0.1) is 27.7 Å². The molecule has 1 aliphatic rings. The van der Waals surface area contributed by atoms with Crippen molar-refractivity contribution in [3.05, 3.63) is 63.2 Å². The highest BCUT2D eigenvalue weighted by atomic mass is 35.5. The SMILES string of the molecule is O=C(Nc1c(F)cccc1F)C1CCN(S(=O)(=O)c2ccc(Cl)c([N+](=O)[O-])c2)CC1. The van der Waals surface area contributed by atoms with Crippen molar-refractivity contribution in [2.45, 2.75) is 17.7 Å². The van der Waals surface area contributed by atoms with Gasteiger partial charge in [0.05, 0.1) is 9.82 Å². The number of anilines is 1. The summed E-state index contributed by atoms with van der Waals surface area (Å²) in [6.45, 7) is -0.0623. The summed E-state index contributed by atoms with van der Waals surface area (Å²) in [5.74, 6) is -3.08. The fraction of sp³-hybridized carbons (Fsp3) is 0.278. The number of sulfonamides is 1. The lowest BCUT2D eigenvalue weighted by molar-refractivity contribution is -0.384. The third-order valence-electron chi connectivity index (χ3n) is 4.79. The number of halogens is 3. The van der Waals surface area contributed by atoms with Crippen molar-refractivity contribution in [1.29, 1.82) is 0 Å². The predicted octanol–water partition coefficient (Wildman–Crippen LogP) is 3.57. The highest BCUT2D eigenvalue weighted by Crippen LogP contribution is 2.30. The van der Waals surface area contributed by atoms with Gasteiger partial charge in [0.25, 0.3) is 5.69 Å². The highest BCUT2D eigenvalue weighted by Gasteiger charge is 2.33. The molecular weight excluding hydrogens is 444 g/mol. The first kappa shape index (κ1) is 22.1. The second-order valence-corrected chi connectivity index (χ2v) is 8.98. The van der Waals surface area contributed by atoms with Crippen LogP contribution in [0.1, 0.15) is 12.8 Å². The Labute approximate surface area is 175 Å². The molecule has 0 spiro atoms. The molecule has 160 valence electrons. The molecule has 0 bridgehead atoms. The van der Waals surface area contributed by atoms with Crippen molar-refractivity contribution in [3.8, 4) is 0 Å². The van der Waals surface area contributed by atoms with Crippen molar-refractivity contribution in [3.63, 3.8) is 0 Å². The molecule has 1 amide bonds. The van der Waals surface area contributed by atoms with E-state index in [2.05, 4.69) is 5.32 Å². The molecule has 0 aliphatic carbocycles. The van der Waals surface area contributed by atoms with Crippen molar-refractivity contribution >= 4 is 38.9 Å². The minimum Gasteiger partial charge on any atom is -0.321 e. The zero-order chi connectivity index (χ0) is 22.1. The summed E-state index contributed by atoms with van der Waals surface area (Å²) in [6, 6.07) is 6.39. The van der Waals surface area contributed by atoms with Gasteiger partial charge in [-0.25, -0.2) is 17.2 Å². The number of carbonyl (C=O) groups excluding carboxylic acids is 1. The Morgan fingerprint density at radius 2 is 1.77 bits per heavy atom. The maximum absolute atomic E-state index is 13.7. The summed E-state index contributed by atoms with van der Waals surface area (Å²) >= 11 is 5.72. The van der Waals surface area contributed by atoms with Crippen LogP contribution in [0.2, 0.25) is 5.02 Å². The number of nitro groups is 1. The summed E-state index contributed by atoms with van der Waals surface area (Å²) in [5.41, 5.74) is -1.08. The molecule has 1 fully saturated rings. The molecule has 0 atom stereocenters. The number of para-hydroxylation sites is 1. The van der Waals surface area contributed by atoms with Crippen molar-refractivity contribution in [1.82, 2.24) is 4.31 Å². The van der Waals surface area contributed by atoms with E-state index >= 15 is 0 Å². The summed E-state index contributed by atoms with van der Waals surface area (Å²) in [7, 11) is -4.04. The quantitative estimate of drug-likeness (QED) is 0.543. The standard InChI is InChI=1S/C18H16ClF2N3O5S/c19-13-5-4-12(10-16(13)24(26)27)30(28,29)23-8-6-11(7-9-23)18(25)22-17-14(20)2-1-3-15(17)21/h1-5,10-11H,6-9H2,(H,22,25). The lowest BCUT2D eigenvalue weighted by Crippen LogP contribution is -2.41. The van der Waals surface area contributed by atoms with Crippen molar-refractivity contribution in [2.75, 3.05) is 18.4 Å². The smallest absolute Gasteiger partial charge is 0.289 e. The van der Waals surface area contributed by atoms with Crippen LogP contribution in [0.5, 0.6) is 0 Å². The van der Waals surface area contributed by atoms with Gasteiger partial charge < -0.3 is 5.32 Å². The van der Waals surface area contributed by atoms with Gasteiger partial charge >= 0.3 is 0 Å². The lowest BCUT2D eigenvalue weighted by atomic mass is 9.97. The van der Waals surface area contributed by atoms with E-state index in [0.717, 1.165) is 28.6 Å². The van der Waals surface area contributed by atoms with E-state index in [1.807, 2.05) is 0 Å². The Bertz CT molecular complexity index is 1080.